The van der Waals surface area contributed by atoms with Crippen LogP contribution in [0, 0.1) is 11.3 Å². The monoisotopic (exact) mass is 296 g/mol. The van der Waals surface area contributed by atoms with E-state index in [9.17, 15) is 18.0 Å². The zero-order valence-electron chi connectivity index (χ0n) is 10.2. The van der Waals surface area contributed by atoms with Gasteiger partial charge in [0.15, 0.2) is 0 Å². The molecule has 4 N–H and O–H groups in total. The zero-order valence-corrected chi connectivity index (χ0v) is 10.2. The Bertz CT molecular complexity index is 730. The third-order valence-electron chi connectivity index (χ3n) is 2.43. The van der Waals surface area contributed by atoms with E-state index in [-0.39, 0.29) is 23.0 Å². The maximum absolute atomic E-state index is 12.5. The van der Waals surface area contributed by atoms with Gasteiger partial charge < -0.3 is 11.1 Å². The van der Waals surface area contributed by atoms with Crippen molar-refractivity contribution < 1.29 is 18.0 Å². The quantitative estimate of drug-likeness (QED) is 0.776. The number of aromatic nitrogens is 3. The summed E-state index contributed by atoms with van der Waals surface area (Å²) in [6.07, 6.45) is -4.58. The highest BCUT2D eigenvalue weighted by atomic mass is 19.4. The molecule has 2 rings (SSSR count). The molecule has 0 atom stereocenters. The van der Waals surface area contributed by atoms with Crippen molar-refractivity contribution in [2.24, 2.45) is 0 Å². The normalized spacial score (nSPS) is 11.0. The highest BCUT2D eigenvalue weighted by Gasteiger charge is 2.31. The molecule has 0 bridgehead atoms. The van der Waals surface area contributed by atoms with Crippen LogP contribution in [-0.2, 0) is 6.18 Å². The summed E-state index contributed by atoms with van der Waals surface area (Å²) in [4.78, 5) is 15.3. The lowest BCUT2D eigenvalue weighted by atomic mass is 10.1. The highest BCUT2D eigenvalue weighted by molar-refractivity contribution is 6.02. The second-order valence-electron chi connectivity index (χ2n) is 3.87. The molecule has 0 aliphatic carbocycles. The number of carbonyl (C=O) groups is 1. The van der Waals surface area contributed by atoms with Gasteiger partial charge in [0.25, 0.3) is 5.91 Å². The Hall–Kier alpha value is -3.09. The lowest BCUT2D eigenvalue weighted by Crippen LogP contribution is -2.15. The summed E-state index contributed by atoms with van der Waals surface area (Å²) in [5.41, 5.74) is 3.83. The largest absolute Gasteiger partial charge is 0.416 e. The second kappa shape index (κ2) is 5.12. The van der Waals surface area contributed by atoms with Crippen LogP contribution in [0.25, 0.3) is 0 Å². The first-order chi connectivity index (χ1) is 9.81. The number of amides is 1. The van der Waals surface area contributed by atoms with E-state index in [1.165, 1.54) is 0 Å². The molecule has 0 saturated heterocycles. The maximum atomic E-state index is 12.5. The molecule has 0 fully saturated rings. The van der Waals surface area contributed by atoms with Gasteiger partial charge in [0.05, 0.1) is 16.8 Å². The molecule has 0 aliphatic heterocycles. The number of nitrogen functional groups attached to an aromatic ring is 1. The minimum absolute atomic E-state index is 0.0783. The lowest BCUT2D eigenvalue weighted by molar-refractivity contribution is -0.137. The molecule has 1 amide bonds. The van der Waals surface area contributed by atoms with E-state index in [4.69, 9.17) is 11.0 Å². The van der Waals surface area contributed by atoms with Crippen LogP contribution in [0.3, 0.4) is 0 Å². The van der Waals surface area contributed by atoms with E-state index >= 15 is 0 Å². The summed E-state index contributed by atoms with van der Waals surface area (Å²) in [6.45, 7) is 0. The minimum atomic E-state index is -4.58. The Balaban J connectivity index is 2.29. The Morgan fingerprint density at radius 1 is 1.43 bits per heavy atom. The number of carbonyl (C=O) groups excluding carboxylic acids is 1. The zero-order chi connectivity index (χ0) is 15.6. The molecule has 0 radical (unpaired) electrons. The summed E-state index contributed by atoms with van der Waals surface area (Å²) in [7, 11) is 0. The third-order valence-corrected chi connectivity index (χ3v) is 2.43. The summed E-state index contributed by atoms with van der Waals surface area (Å²) in [5, 5.41) is 16.8. The van der Waals surface area contributed by atoms with Gasteiger partial charge in [-0.25, -0.2) is 0 Å². The van der Waals surface area contributed by atoms with Crippen molar-refractivity contribution in [3.8, 4) is 6.07 Å². The number of alkyl halides is 3. The molecule has 108 valence electrons. The molecule has 0 spiro atoms. The fourth-order valence-electron chi connectivity index (χ4n) is 1.48. The molecule has 1 aromatic heterocycles. The first kappa shape index (κ1) is 14.3. The van der Waals surface area contributed by atoms with Gasteiger partial charge in [0.2, 0.25) is 11.8 Å². The summed E-state index contributed by atoms with van der Waals surface area (Å²) in [5.74, 6) is -1.17. The predicted octanol–water partition coefficient (Wildman–Crippen LogP) is 1.53. The number of halogens is 3. The van der Waals surface area contributed by atoms with Crippen LogP contribution >= 0.6 is 0 Å². The fraction of sp³-hybridized carbons (Fsp3) is 0.0909. The van der Waals surface area contributed by atoms with Crippen molar-refractivity contribution >= 4 is 17.5 Å². The number of nitriles is 1. The average Bonchev–Trinajstić information content (AvgIpc) is 2.84. The van der Waals surface area contributed by atoms with Crippen LogP contribution in [0.4, 0.5) is 24.8 Å². The number of hydrogen-bond donors (Lipinski definition) is 3. The van der Waals surface area contributed by atoms with Crippen molar-refractivity contribution in [3.63, 3.8) is 0 Å². The van der Waals surface area contributed by atoms with E-state index in [1.54, 1.807) is 6.07 Å². The van der Waals surface area contributed by atoms with E-state index < -0.39 is 17.6 Å². The molecule has 0 unspecified atom stereocenters. The van der Waals surface area contributed by atoms with Gasteiger partial charge in [-0.1, -0.05) is 0 Å². The summed E-state index contributed by atoms with van der Waals surface area (Å²) in [6, 6.07) is 3.97. The number of anilines is 2. The van der Waals surface area contributed by atoms with E-state index in [2.05, 4.69) is 20.5 Å². The van der Waals surface area contributed by atoms with Gasteiger partial charge in [-0.15, -0.1) is 5.10 Å². The van der Waals surface area contributed by atoms with E-state index in [0.29, 0.717) is 6.07 Å². The van der Waals surface area contributed by atoms with Gasteiger partial charge in [0, 0.05) is 0 Å². The van der Waals surface area contributed by atoms with Crippen LogP contribution in [0.15, 0.2) is 18.2 Å². The summed E-state index contributed by atoms with van der Waals surface area (Å²) < 4.78 is 37.6. The number of nitrogens with two attached hydrogens (primary N) is 1. The van der Waals surface area contributed by atoms with E-state index in [1.807, 2.05) is 0 Å². The molecule has 21 heavy (non-hydrogen) atoms. The second-order valence-corrected chi connectivity index (χ2v) is 3.87. The number of rotatable bonds is 2. The van der Waals surface area contributed by atoms with Crippen LogP contribution in [0.1, 0.15) is 21.7 Å². The van der Waals surface area contributed by atoms with Gasteiger partial charge in [-0.2, -0.15) is 23.4 Å². The first-order valence-electron chi connectivity index (χ1n) is 5.42. The van der Waals surface area contributed by atoms with Crippen molar-refractivity contribution in [2.75, 3.05) is 11.1 Å². The number of H-pyrrole nitrogens is 1. The maximum Gasteiger partial charge on any atom is 0.416 e. The molecule has 0 saturated carbocycles. The highest BCUT2D eigenvalue weighted by Crippen LogP contribution is 2.31. The Morgan fingerprint density at radius 3 is 2.67 bits per heavy atom. The van der Waals surface area contributed by atoms with Crippen molar-refractivity contribution in [2.45, 2.75) is 6.18 Å². The topological polar surface area (TPSA) is 120 Å². The van der Waals surface area contributed by atoms with E-state index in [0.717, 1.165) is 12.1 Å². The van der Waals surface area contributed by atoms with Crippen LogP contribution in [0.5, 0.6) is 0 Å². The minimum Gasteiger partial charge on any atom is -0.366 e. The number of nitrogens with one attached hydrogen (secondary N) is 2. The molecule has 1 aromatic carbocycles. The average molecular weight is 296 g/mol. The molecule has 1 heterocycles. The Morgan fingerprint density at radius 2 is 2.14 bits per heavy atom. The lowest BCUT2D eigenvalue weighted by Gasteiger charge is -2.10. The van der Waals surface area contributed by atoms with Gasteiger partial charge in [-0.05, 0) is 18.2 Å². The summed E-state index contributed by atoms with van der Waals surface area (Å²) >= 11 is 0. The van der Waals surface area contributed by atoms with Gasteiger partial charge >= 0.3 is 6.18 Å². The SMILES string of the molecule is N#Cc1cc(C(F)(F)F)ccc1NC(=O)c1nc(N)n[nH]1. The van der Waals surface area contributed by atoms with Crippen LogP contribution < -0.4 is 11.1 Å². The van der Waals surface area contributed by atoms with Crippen molar-refractivity contribution in [1.82, 2.24) is 15.2 Å². The van der Waals surface area contributed by atoms with Gasteiger partial charge in [-0.3, -0.25) is 9.89 Å². The van der Waals surface area contributed by atoms with Crippen LogP contribution in [0.2, 0.25) is 0 Å². The number of benzene rings is 1. The molecular formula is C11H7F3N6O. The Labute approximate surface area is 115 Å². The van der Waals surface area contributed by atoms with Crippen LogP contribution in [-0.4, -0.2) is 21.1 Å². The third kappa shape index (κ3) is 3.08. The number of nitrogens with zero attached hydrogens (tertiary/aromatic N) is 3. The molecule has 7 nitrogen and oxygen atoms in total. The Kier molecular flexibility index (Phi) is 3.49. The number of hydrogen-bond acceptors (Lipinski definition) is 5. The molecule has 10 heteroatoms. The molecule has 0 aliphatic rings. The molecular weight excluding hydrogens is 289 g/mol. The fourth-order valence-corrected chi connectivity index (χ4v) is 1.48. The van der Waals surface area contributed by atoms with Gasteiger partial charge in [0.1, 0.15) is 6.07 Å². The standard InChI is InChI=1S/C11H7F3N6O/c12-11(13,14)6-1-2-7(5(3-6)4-15)17-9(21)8-18-10(16)20-19-8/h1-3H,(H,17,21)(H3,16,18,19,20). The molecule has 2 aromatic rings. The smallest absolute Gasteiger partial charge is 0.366 e. The predicted molar refractivity (Wildman–Crippen MR) is 64.9 cm³/mol. The number of aromatic amines is 1. The van der Waals surface area contributed by atoms with Crippen molar-refractivity contribution in [3.05, 3.63) is 35.2 Å². The van der Waals surface area contributed by atoms with Crippen molar-refractivity contribution in [1.29, 1.82) is 5.26 Å². The first-order valence-corrected chi connectivity index (χ1v) is 5.42.